The van der Waals surface area contributed by atoms with Crippen molar-refractivity contribution in [2.75, 3.05) is 14.1 Å². The maximum absolute atomic E-state index is 6.66. The molecule has 4 heteroatoms. The molecule has 20 heavy (non-hydrogen) atoms. The van der Waals surface area contributed by atoms with E-state index in [2.05, 4.69) is 44.8 Å². The second kappa shape index (κ2) is 6.12. The normalized spacial score (nSPS) is 28.9. The zero-order chi connectivity index (χ0) is 14.9. The van der Waals surface area contributed by atoms with Crippen molar-refractivity contribution in [2.45, 2.75) is 64.5 Å². The average molecular weight is 295 g/mol. The third kappa shape index (κ3) is 3.07. The molecule has 1 aliphatic rings. The summed E-state index contributed by atoms with van der Waals surface area (Å²) in [5, 5.41) is 1.20. The third-order valence-electron chi connectivity index (χ3n) is 5.06. The van der Waals surface area contributed by atoms with Gasteiger partial charge in [0.15, 0.2) is 0 Å². The molecule has 3 nitrogen and oxygen atoms in total. The Hall–Kier alpha value is -0.450. The first-order chi connectivity index (χ1) is 9.35. The molecule has 0 saturated heterocycles. The summed E-state index contributed by atoms with van der Waals surface area (Å²) in [4.78, 5) is 8.37. The molecule has 114 valence electrons. The molecule has 1 heterocycles. The van der Waals surface area contributed by atoms with Crippen LogP contribution in [0.25, 0.3) is 0 Å². The summed E-state index contributed by atoms with van der Waals surface area (Å²) >= 11 is 1.81. The molecular weight excluding hydrogens is 266 g/mol. The Kier molecular flexibility index (Phi) is 4.88. The predicted octanol–water partition coefficient (Wildman–Crippen LogP) is 3.14. The van der Waals surface area contributed by atoms with Crippen LogP contribution in [0.2, 0.25) is 0 Å². The molecule has 0 spiro atoms. The molecule has 0 aromatic carbocycles. The molecule has 3 unspecified atom stereocenters. The number of aromatic nitrogens is 1. The van der Waals surface area contributed by atoms with Gasteiger partial charge in [-0.25, -0.2) is 4.98 Å². The lowest BCUT2D eigenvalue weighted by Gasteiger charge is -2.49. The fourth-order valence-corrected chi connectivity index (χ4v) is 4.64. The molecule has 1 aromatic rings. The van der Waals surface area contributed by atoms with Gasteiger partial charge in [-0.3, -0.25) is 0 Å². The van der Waals surface area contributed by atoms with E-state index in [9.17, 15) is 0 Å². The fraction of sp³-hybridized carbons (Fsp3) is 0.812. The van der Waals surface area contributed by atoms with Gasteiger partial charge in [-0.15, -0.1) is 11.3 Å². The Morgan fingerprint density at radius 1 is 1.45 bits per heavy atom. The van der Waals surface area contributed by atoms with Crippen LogP contribution in [0.1, 0.15) is 48.2 Å². The maximum atomic E-state index is 6.66. The van der Waals surface area contributed by atoms with Crippen molar-refractivity contribution >= 4 is 11.3 Å². The third-order valence-corrected chi connectivity index (χ3v) is 6.15. The van der Waals surface area contributed by atoms with Gasteiger partial charge in [0.1, 0.15) is 0 Å². The number of hydrogen-bond donors (Lipinski definition) is 1. The zero-order valence-corrected chi connectivity index (χ0v) is 14.4. The molecule has 0 amide bonds. The number of likely N-dealkylation sites (N-methyl/N-ethyl adjacent to an activating group) is 1. The van der Waals surface area contributed by atoms with E-state index in [1.54, 1.807) is 0 Å². The number of nitrogens with zero attached hydrogens (tertiary/aromatic N) is 2. The van der Waals surface area contributed by atoms with Crippen molar-refractivity contribution in [3.05, 3.63) is 15.6 Å². The molecule has 1 aliphatic carbocycles. The van der Waals surface area contributed by atoms with Crippen LogP contribution in [-0.2, 0) is 6.42 Å². The van der Waals surface area contributed by atoms with Gasteiger partial charge < -0.3 is 10.6 Å². The molecule has 2 rings (SSSR count). The van der Waals surface area contributed by atoms with E-state index in [-0.39, 0.29) is 11.6 Å². The van der Waals surface area contributed by atoms with Gasteiger partial charge in [0.05, 0.1) is 10.7 Å². The first kappa shape index (κ1) is 15.9. The first-order valence-corrected chi connectivity index (χ1v) is 8.52. The van der Waals surface area contributed by atoms with Crippen LogP contribution < -0.4 is 5.73 Å². The molecule has 1 aromatic heterocycles. The minimum Gasteiger partial charge on any atom is -0.326 e. The SMILES string of the molecule is Cc1nc(CC(N)C2(N(C)C)CCCC(C)C2)sc1C. The average Bonchev–Trinajstić information content (AvgIpc) is 2.67. The minimum atomic E-state index is 0.144. The lowest BCUT2D eigenvalue weighted by molar-refractivity contribution is 0.0504. The number of nitrogens with two attached hydrogens (primary N) is 1. The lowest BCUT2D eigenvalue weighted by Crippen LogP contribution is -2.60. The maximum Gasteiger partial charge on any atom is 0.0947 e. The Balaban J connectivity index is 2.16. The number of hydrogen-bond acceptors (Lipinski definition) is 4. The fourth-order valence-electron chi connectivity index (χ4n) is 3.64. The lowest BCUT2D eigenvalue weighted by atomic mass is 9.71. The predicted molar refractivity (Wildman–Crippen MR) is 87.3 cm³/mol. The van der Waals surface area contributed by atoms with Crippen LogP contribution in [0, 0.1) is 19.8 Å². The molecule has 0 aliphatic heterocycles. The summed E-state index contributed by atoms with van der Waals surface area (Å²) in [5.74, 6) is 0.775. The standard InChI is InChI=1S/C16H29N3S/c1-11-7-6-8-16(10-11,19(4)5)14(17)9-15-18-12(2)13(3)20-15/h11,14H,6-10,17H2,1-5H3. The van der Waals surface area contributed by atoms with Gasteiger partial charge in [0.25, 0.3) is 0 Å². The Morgan fingerprint density at radius 3 is 2.65 bits per heavy atom. The van der Waals surface area contributed by atoms with Gasteiger partial charge in [-0.05, 0) is 46.7 Å². The second-order valence-electron chi connectivity index (χ2n) is 6.76. The molecule has 3 atom stereocenters. The highest BCUT2D eigenvalue weighted by Gasteiger charge is 2.42. The summed E-state index contributed by atoms with van der Waals surface area (Å²) in [6.45, 7) is 6.60. The van der Waals surface area contributed by atoms with Crippen LogP contribution in [0.3, 0.4) is 0 Å². The van der Waals surface area contributed by atoms with E-state index in [0.29, 0.717) is 0 Å². The molecular formula is C16H29N3S. The second-order valence-corrected chi connectivity index (χ2v) is 8.05. The van der Waals surface area contributed by atoms with E-state index in [1.165, 1.54) is 35.6 Å². The number of aryl methyl sites for hydroxylation is 2. The van der Waals surface area contributed by atoms with Crippen LogP contribution in [0.15, 0.2) is 0 Å². The van der Waals surface area contributed by atoms with Crippen molar-refractivity contribution in [3.8, 4) is 0 Å². The summed E-state index contributed by atoms with van der Waals surface area (Å²) in [5.41, 5.74) is 7.97. The van der Waals surface area contributed by atoms with Gasteiger partial charge >= 0.3 is 0 Å². The summed E-state index contributed by atoms with van der Waals surface area (Å²) in [6.07, 6.45) is 5.98. The van der Waals surface area contributed by atoms with Gasteiger partial charge in [0.2, 0.25) is 0 Å². The number of rotatable bonds is 4. The largest absolute Gasteiger partial charge is 0.326 e. The van der Waals surface area contributed by atoms with Crippen molar-refractivity contribution < 1.29 is 0 Å². The van der Waals surface area contributed by atoms with Crippen molar-refractivity contribution in [1.29, 1.82) is 0 Å². The van der Waals surface area contributed by atoms with Gasteiger partial charge in [-0.2, -0.15) is 0 Å². The van der Waals surface area contributed by atoms with Crippen molar-refractivity contribution in [1.82, 2.24) is 9.88 Å². The summed E-state index contributed by atoms with van der Waals surface area (Å²) < 4.78 is 0. The molecule has 1 fully saturated rings. The van der Waals surface area contributed by atoms with Gasteiger partial charge in [0, 0.05) is 22.9 Å². The summed E-state index contributed by atoms with van der Waals surface area (Å²) in [7, 11) is 4.38. The smallest absolute Gasteiger partial charge is 0.0947 e. The van der Waals surface area contributed by atoms with Crippen molar-refractivity contribution in [2.24, 2.45) is 11.7 Å². The molecule has 0 bridgehead atoms. The van der Waals surface area contributed by atoms with Crippen LogP contribution in [0.4, 0.5) is 0 Å². The molecule has 2 N–H and O–H groups in total. The Morgan fingerprint density at radius 2 is 2.15 bits per heavy atom. The Labute approximate surface area is 127 Å². The van der Waals surface area contributed by atoms with Gasteiger partial charge in [-0.1, -0.05) is 19.8 Å². The van der Waals surface area contributed by atoms with E-state index >= 15 is 0 Å². The minimum absolute atomic E-state index is 0.144. The quantitative estimate of drug-likeness (QED) is 0.928. The highest BCUT2D eigenvalue weighted by Crippen LogP contribution is 2.38. The van der Waals surface area contributed by atoms with E-state index in [4.69, 9.17) is 5.73 Å². The summed E-state index contributed by atoms with van der Waals surface area (Å²) in [6, 6.07) is 0.171. The topological polar surface area (TPSA) is 42.1 Å². The molecule has 1 saturated carbocycles. The number of thiazole rings is 1. The first-order valence-electron chi connectivity index (χ1n) is 7.71. The van der Waals surface area contributed by atoms with Crippen LogP contribution in [0.5, 0.6) is 0 Å². The monoisotopic (exact) mass is 295 g/mol. The van der Waals surface area contributed by atoms with Crippen molar-refractivity contribution in [3.63, 3.8) is 0 Å². The van der Waals surface area contributed by atoms with Crippen LogP contribution >= 0.6 is 11.3 Å². The van der Waals surface area contributed by atoms with E-state index < -0.39 is 0 Å². The van der Waals surface area contributed by atoms with Crippen LogP contribution in [-0.4, -0.2) is 35.6 Å². The highest BCUT2D eigenvalue weighted by molar-refractivity contribution is 7.11. The molecule has 0 radical (unpaired) electrons. The van der Waals surface area contributed by atoms with E-state index in [1.807, 2.05) is 11.3 Å². The highest BCUT2D eigenvalue weighted by atomic mass is 32.1. The van der Waals surface area contributed by atoms with E-state index in [0.717, 1.165) is 18.0 Å². The zero-order valence-electron chi connectivity index (χ0n) is 13.6. The Bertz CT molecular complexity index is 435.